The molecule has 1 rings (SSSR count). The zero-order chi connectivity index (χ0) is 15.1. The highest BCUT2D eigenvalue weighted by atomic mass is 32.2. The summed E-state index contributed by atoms with van der Waals surface area (Å²) in [6.45, 7) is 3.30. The van der Waals surface area contributed by atoms with Crippen LogP contribution in [0.3, 0.4) is 0 Å². The van der Waals surface area contributed by atoms with Gasteiger partial charge in [0.15, 0.2) is 0 Å². The van der Waals surface area contributed by atoms with Gasteiger partial charge < -0.3 is 5.32 Å². The molecule has 9 heteroatoms. The molecule has 0 aromatic heterocycles. The highest BCUT2D eigenvalue weighted by Gasteiger charge is 2.25. The average Bonchev–Trinajstić information content (AvgIpc) is 2.45. The van der Waals surface area contributed by atoms with Gasteiger partial charge in [0.05, 0.1) is 0 Å². The van der Waals surface area contributed by atoms with Crippen molar-refractivity contribution >= 4 is 36.4 Å². The second-order valence-corrected chi connectivity index (χ2v) is 6.36. The average molecular weight is 323 g/mol. The fraction of sp³-hybridized carbons (Fsp3) is 0.818. The standard InChI is InChI=1S/C11H21N3O4S2/c1-9(14(19)20(17)18)2-3-11(16)13(8-15)10-4-6-12-7-5-10/h8-10,12,19H,2-7H2,1H3,(H,17,18). The smallest absolute Gasteiger partial charge is 0.244 e. The van der Waals surface area contributed by atoms with Crippen LogP contribution in [0.5, 0.6) is 0 Å². The normalized spacial score (nSPS) is 19.6. The van der Waals surface area contributed by atoms with E-state index in [1.165, 1.54) is 4.90 Å². The molecule has 1 aliphatic rings. The molecular formula is C11H21N3O4S2. The molecule has 0 aromatic rings. The van der Waals surface area contributed by atoms with E-state index in [0.29, 0.717) is 12.8 Å². The van der Waals surface area contributed by atoms with Crippen molar-refractivity contribution in [2.24, 2.45) is 0 Å². The van der Waals surface area contributed by atoms with Crippen LogP contribution in [0.2, 0.25) is 0 Å². The minimum atomic E-state index is -2.18. The van der Waals surface area contributed by atoms with Crippen LogP contribution in [0.15, 0.2) is 0 Å². The van der Waals surface area contributed by atoms with E-state index in [9.17, 15) is 13.8 Å². The van der Waals surface area contributed by atoms with E-state index in [4.69, 9.17) is 4.55 Å². The maximum Gasteiger partial charge on any atom is 0.244 e. The van der Waals surface area contributed by atoms with E-state index in [0.717, 1.165) is 29.6 Å². The Balaban J connectivity index is 2.47. The lowest BCUT2D eigenvalue weighted by atomic mass is 10.0. The van der Waals surface area contributed by atoms with Crippen LogP contribution in [0.25, 0.3) is 0 Å². The van der Waals surface area contributed by atoms with Crippen LogP contribution in [0.4, 0.5) is 0 Å². The Hall–Kier alpha value is -0.480. The molecule has 0 saturated carbocycles. The Morgan fingerprint density at radius 2 is 2.15 bits per heavy atom. The number of rotatable bonds is 7. The van der Waals surface area contributed by atoms with Gasteiger partial charge in [-0.15, -0.1) is 3.71 Å². The lowest BCUT2D eigenvalue weighted by molar-refractivity contribution is -0.141. The molecule has 0 aliphatic carbocycles. The third kappa shape index (κ3) is 5.13. The number of nitrogens with one attached hydrogen (secondary N) is 1. The van der Waals surface area contributed by atoms with Gasteiger partial charge in [-0.1, -0.05) is 12.8 Å². The summed E-state index contributed by atoms with van der Waals surface area (Å²) in [5, 5.41) is 3.18. The molecule has 20 heavy (non-hydrogen) atoms. The molecular weight excluding hydrogens is 302 g/mol. The number of nitrogens with zero attached hydrogens (tertiary/aromatic N) is 2. The van der Waals surface area contributed by atoms with Crippen LogP contribution in [0, 0.1) is 0 Å². The Morgan fingerprint density at radius 1 is 1.55 bits per heavy atom. The first-order valence-electron chi connectivity index (χ1n) is 6.53. The van der Waals surface area contributed by atoms with Crippen molar-refractivity contribution in [3.05, 3.63) is 0 Å². The Kier molecular flexibility index (Phi) is 7.67. The first-order valence-corrected chi connectivity index (χ1v) is 8.00. The lowest BCUT2D eigenvalue weighted by Crippen LogP contribution is -2.45. The summed E-state index contributed by atoms with van der Waals surface area (Å²) in [5.74, 6) is -0.246. The van der Waals surface area contributed by atoms with Crippen molar-refractivity contribution in [2.75, 3.05) is 13.1 Å². The Labute approximate surface area is 127 Å². The number of piperidine rings is 1. The fourth-order valence-electron chi connectivity index (χ4n) is 2.16. The number of imide groups is 1. The number of carbonyl (C=O) groups excluding carboxylic acids is 2. The van der Waals surface area contributed by atoms with Gasteiger partial charge in [-0.25, -0.2) is 4.21 Å². The van der Waals surface area contributed by atoms with Crippen molar-refractivity contribution in [3.8, 4) is 0 Å². The lowest BCUT2D eigenvalue weighted by Gasteiger charge is -2.30. The molecule has 1 aliphatic heterocycles. The maximum atomic E-state index is 12.1. The van der Waals surface area contributed by atoms with Crippen molar-refractivity contribution < 1.29 is 18.4 Å². The van der Waals surface area contributed by atoms with Crippen molar-refractivity contribution in [3.63, 3.8) is 0 Å². The number of carbonyl (C=O) groups is 2. The highest BCUT2D eigenvalue weighted by Crippen LogP contribution is 2.15. The topological polar surface area (TPSA) is 90.0 Å². The van der Waals surface area contributed by atoms with E-state index in [1.54, 1.807) is 6.92 Å². The van der Waals surface area contributed by atoms with Crippen LogP contribution in [-0.2, 0) is 20.9 Å². The van der Waals surface area contributed by atoms with Gasteiger partial charge in [0, 0.05) is 18.5 Å². The van der Waals surface area contributed by atoms with Gasteiger partial charge >= 0.3 is 0 Å². The third-order valence-electron chi connectivity index (χ3n) is 3.42. The zero-order valence-corrected chi connectivity index (χ0v) is 13.1. The van der Waals surface area contributed by atoms with Gasteiger partial charge in [0.25, 0.3) is 0 Å². The molecule has 0 spiro atoms. The van der Waals surface area contributed by atoms with E-state index in [2.05, 4.69) is 18.1 Å². The van der Waals surface area contributed by atoms with Crippen LogP contribution in [0.1, 0.15) is 32.6 Å². The molecule has 0 aromatic carbocycles. The molecule has 0 radical (unpaired) electrons. The predicted octanol–water partition coefficient (Wildman–Crippen LogP) is 0.176. The largest absolute Gasteiger partial charge is 0.317 e. The second kappa shape index (κ2) is 8.73. The summed E-state index contributed by atoms with van der Waals surface area (Å²) in [6, 6.07) is -0.384. The van der Waals surface area contributed by atoms with Crippen LogP contribution >= 0.6 is 12.8 Å². The highest BCUT2D eigenvalue weighted by molar-refractivity contribution is 7.93. The first-order chi connectivity index (χ1) is 9.47. The SMILES string of the molecule is CC(CCC(=O)N(C=O)C1CCNCC1)N(S)S(=O)O. The molecule has 1 fully saturated rings. The van der Waals surface area contributed by atoms with Gasteiger partial charge in [-0.2, -0.15) is 0 Å². The molecule has 116 valence electrons. The van der Waals surface area contributed by atoms with Gasteiger partial charge in [-0.05, 0) is 39.3 Å². The molecule has 2 unspecified atom stereocenters. The fourth-order valence-corrected chi connectivity index (χ4v) is 2.69. The van der Waals surface area contributed by atoms with Crippen molar-refractivity contribution in [1.29, 1.82) is 0 Å². The number of thiol groups is 1. The second-order valence-electron chi connectivity index (χ2n) is 4.81. The summed E-state index contributed by atoms with van der Waals surface area (Å²) < 4.78 is 20.7. The molecule has 7 nitrogen and oxygen atoms in total. The van der Waals surface area contributed by atoms with Crippen molar-refractivity contribution in [1.82, 2.24) is 13.9 Å². The predicted molar refractivity (Wildman–Crippen MR) is 79.1 cm³/mol. The molecule has 2 N–H and O–H groups in total. The number of amides is 2. The molecule has 1 saturated heterocycles. The third-order valence-corrected chi connectivity index (χ3v) is 4.91. The minimum Gasteiger partial charge on any atom is -0.317 e. The van der Waals surface area contributed by atoms with Crippen LogP contribution in [-0.4, -0.2) is 54.9 Å². The number of hydrogen-bond acceptors (Lipinski definition) is 5. The maximum absolute atomic E-state index is 12.1. The van der Waals surface area contributed by atoms with Gasteiger partial charge in [0.1, 0.15) is 0 Å². The molecule has 1 heterocycles. The quantitative estimate of drug-likeness (QED) is 0.353. The van der Waals surface area contributed by atoms with Crippen LogP contribution < -0.4 is 5.32 Å². The monoisotopic (exact) mass is 323 g/mol. The summed E-state index contributed by atoms with van der Waals surface area (Å²) in [7, 11) is 0. The summed E-state index contributed by atoms with van der Waals surface area (Å²) in [4.78, 5) is 24.4. The molecule has 2 amide bonds. The van der Waals surface area contributed by atoms with E-state index < -0.39 is 11.3 Å². The summed E-state index contributed by atoms with van der Waals surface area (Å²) in [5.41, 5.74) is 0. The van der Waals surface area contributed by atoms with Gasteiger partial charge in [0.2, 0.25) is 23.6 Å². The van der Waals surface area contributed by atoms with Gasteiger partial charge in [-0.3, -0.25) is 19.0 Å². The Morgan fingerprint density at radius 3 is 2.65 bits per heavy atom. The summed E-state index contributed by atoms with van der Waals surface area (Å²) in [6.07, 6.45) is 2.63. The van der Waals surface area contributed by atoms with Crippen molar-refractivity contribution in [2.45, 2.75) is 44.7 Å². The zero-order valence-electron chi connectivity index (χ0n) is 11.4. The molecule has 2 atom stereocenters. The molecule has 0 bridgehead atoms. The minimum absolute atomic E-state index is 0.0457. The van der Waals surface area contributed by atoms with E-state index in [-0.39, 0.29) is 24.4 Å². The summed E-state index contributed by atoms with van der Waals surface area (Å²) >= 11 is 1.70. The van der Waals surface area contributed by atoms with E-state index >= 15 is 0 Å². The first kappa shape index (κ1) is 17.6. The number of hydrogen-bond donors (Lipinski definition) is 3. The van der Waals surface area contributed by atoms with E-state index in [1.807, 2.05) is 0 Å². The Bertz CT molecular complexity index is 364.